The van der Waals surface area contributed by atoms with E-state index in [-0.39, 0.29) is 27.4 Å². The number of aromatic amines is 1. The van der Waals surface area contributed by atoms with Crippen LogP contribution in [0.25, 0.3) is 10.9 Å². The number of fused-ring (bicyclic) bond motifs is 1. The number of ketones is 1. The van der Waals surface area contributed by atoms with Gasteiger partial charge in [0.1, 0.15) is 17.1 Å². The SMILES string of the molecule is O=C(c1cccc(C(F)(F)F)n1)c1c[nH]c2ccc(O)c(Cl)c12. The summed E-state index contributed by atoms with van der Waals surface area (Å²) in [6.07, 6.45) is -3.33. The van der Waals surface area contributed by atoms with Gasteiger partial charge in [0.2, 0.25) is 5.78 Å². The van der Waals surface area contributed by atoms with Gasteiger partial charge >= 0.3 is 6.18 Å². The maximum Gasteiger partial charge on any atom is 0.433 e. The average Bonchev–Trinajstić information content (AvgIpc) is 2.94. The van der Waals surface area contributed by atoms with Crippen molar-refractivity contribution in [3.05, 3.63) is 58.5 Å². The lowest BCUT2D eigenvalue weighted by atomic mass is 10.1. The third-order valence-corrected chi connectivity index (χ3v) is 3.66. The molecule has 3 aromatic rings. The summed E-state index contributed by atoms with van der Waals surface area (Å²) < 4.78 is 38.1. The van der Waals surface area contributed by atoms with Crippen molar-refractivity contribution >= 4 is 28.3 Å². The van der Waals surface area contributed by atoms with Gasteiger partial charge in [-0.3, -0.25) is 4.79 Å². The Labute approximate surface area is 132 Å². The summed E-state index contributed by atoms with van der Waals surface area (Å²) in [6.45, 7) is 0. The number of carbonyl (C=O) groups is 1. The van der Waals surface area contributed by atoms with Crippen LogP contribution >= 0.6 is 11.6 Å². The second kappa shape index (κ2) is 5.27. The highest BCUT2D eigenvalue weighted by molar-refractivity contribution is 6.38. The Hall–Kier alpha value is -2.54. The number of H-pyrrole nitrogens is 1. The van der Waals surface area contributed by atoms with Crippen LogP contribution in [0, 0.1) is 0 Å². The van der Waals surface area contributed by atoms with E-state index in [1.54, 1.807) is 0 Å². The Morgan fingerprint density at radius 2 is 1.96 bits per heavy atom. The second-order valence-electron chi connectivity index (χ2n) is 4.76. The maximum absolute atomic E-state index is 12.7. The number of nitrogens with one attached hydrogen (secondary N) is 1. The van der Waals surface area contributed by atoms with Gasteiger partial charge in [-0.15, -0.1) is 0 Å². The number of hydrogen-bond acceptors (Lipinski definition) is 3. The van der Waals surface area contributed by atoms with Gasteiger partial charge in [0, 0.05) is 17.1 Å². The third kappa shape index (κ3) is 2.63. The molecule has 0 aliphatic carbocycles. The van der Waals surface area contributed by atoms with Gasteiger partial charge in [-0.25, -0.2) is 4.98 Å². The number of halogens is 4. The molecule has 0 saturated heterocycles. The molecule has 0 unspecified atom stereocenters. The van der Waals surface area contributed by atoms with E-state index >= 15 is 0 Å². The van der Waals surface area contributed by atoms with Gasteiger partial charge in [0.15, 0.2) is 0 Å². The minimum atomic E-state index is -4.65. The molecule has 0 saturated carbocycles. The van der Waals surface area contributed by atoms with Crippen molar-refractivity contribution in [3.63, 3.8) is 0 Å². The van der Waals surface area contributed by atoms with Crippen LogP contribution in [0.15, 0.2) is 36.5 Å². The van der Waals surface area contributed by atoms with Gasteiger partial charge < -0.3 is 10.1 Å². The predicted molar refractivity (Wildman–Crippen MR) is 77.6 cm³/mol. The Morgan fingerprint density at radius 3 is 2.65 bits per heavy atom. The van der Waals surface area contributed by atoms with Gasteiger partial charge in [-0.1, -0.05) is 17.7 Å². The van der Waals surface area contributed by atoms with Gasteiger partial charge in [-0.2, -0.15) is 13.2 Å². The van der Waals surface area contributed by atoms with E-state index in [1.807, 2.05) is 0 Å². The molecule has 2 heterocycles. The van der Waals surface area contributed by atoms with E-state index in [1.165, 1.54) is 24.4 Å². The number of pyridine rings is 1. The Kier molecular flexibility index (Phi) is 3.52. The molecule has 0 atom stereocenters. The summed E-state index contributed by atoms with van der Waals surface area (Å²) in [5.74, 6) is -0.959. The monoisotopic (exact) mass is 340 g/mol. The number of hydrogen-bond donors (Lipinski definition) is 2. The minimum absolute atomic E-state index is 0.0349. The lowest BCUT2D eigenvalue weighted by Crippen LogP contribution is -2.12. The highest BCUT2D eigenvalue weighted by Gasteiger charge is 2.33. The molecular weight excluding hydrogens is 333 g/mol. The molecule has 0 spiro atoms. The molecule has 0 fully saturated rings. The topological polar surface area (TPSA) is 66.0 Å². The number of alkyl halides is 3. The largest absolute Gasteiger partial charge is 0.506 e. The molecule has 8 heteroatoms. The van der Waals surface area contributed by atoms with Crippen LogP contribution in [0.1, 0.15) is 21.7 Å². The number of nitrogens with zero attached hydrogens (tertiary/aromatic N) is 1. The summed E-state index contributed by atoms with van der Waals surface area (Å²) >= 11 is 5.99. The number of benzene rings is 1. The minimum Gasteiger partial charge on any atom is -0.506 e. The number of aromatic nitrogens is 2. The van der Waals surface area contributed by atoms with Crippen LogP contribution in [0.2, 0.25) is 5.02 Å². The van der Waals surface area contributed by atoms with Gasteiger partial charge in [0.05, 0.1) is 10.6 Å². The van der Waals surface area contributed by atoms with E-state index in [0.717, 1.165) is 12.1 Å². The van der Waals surface area contributed by atoms with Crippen LogP contribution in [-0.2, 0) is 6.18 Å². The molecule has 2 aromatic heterocycles. The van der Waals surface area contributed by atoms with E-state index in [2.05, 4.69) is 9.97 Å². The second-order valence-corrected chi connectivity index (χ2v) is 5.14. The fraction of sp³-hybridized carbons (Fsp3) is 0.0667. The first-order chi connectivity index (χ1) is 10.8. The molecule has 2 N–H and O–H groups in total. The molecule has 4 nitrogen and oxygen atoms in total. The van der Waals surface area contributed by atoms with E-state index in [9.17, 15) is 23.1 Å². The molecule has 23 heavy (non-hydrogen) atoms. The first kappa shape index (κ1) is 15.4. The zero-order valence-corrected chi connectivity index (χ0v) is 12.0. The smallest absolute Gasteiger partial charge is 0.433 e. The fourth-order valence-electron chi connectivity index (χ4n) is 2.21. The summed E-state index contributed by atoms with van der Waals surface area (Å²) in [7, 11) is 0. The van der Waals surface area contributed by atoms with Crippen LogP contribution in [-0.4, -0.2) is 20.9 Å². The molecule has 1 aromatic carbocycles. The molecule has 0 radical (unpaired) electrons. The molecule has 118 valence electrons. The lowest BCUT2D eigenvalue weighted by Gasteiger charge is -2.07. The molecule has 3 rings (SSSR count). The Morgan fingerprint density at radius 1 is 1.22 bits per heavy atom. The van der Waals surface area contributed by atoms with Crippen molar-refractivity contribution in [2.24, 2.45) is 0 Å². The number of rotatable bonds is 2. The first-order valence-corrected chi connectivity index (χ1v) is 6.74. The van der Waals surface area contributed by atoms with E-state index in [0.29, 0.717) is 5.52 Å². The number of aromatic hydroxyl groups is 1. The number of phenols is 1. The average molecular weight is 341 g/mol. The maximum atomic E-state index is 12.7. The van der Waals surface area contributed by atoms with Crippen LogP contribution < -0.4 is 0 Å². The fourth-order valence-corrected chi connectivity index (χ4v) is 2.47. The van der Waals surface area contributed by atoms with Crippen LogP contribution in [0.5, 0.6) is 5.75 Å². The lowest BCUT2D eigenvalue weighted by molar-refractivity contribution is -0.141. The summed E-state index contributed by atoms with van der Waals surface area (Å²) in [5, 5.41) is 9.82. The summed E-state index contributed by atoms with van der Waals surface area (Å²) in [4.78, 5) is 18.6. The normalized spacial score (nSPS) is 11.8. The zero-order valence-electron chi connectivity index (χ0n) is 11.3. The van der Waals surface area contributed by atoms with Crippen molar-refractivity contribution < 1.29 is 23.1 Å². The highest BCUT2D eigenvalue weighted by Crippen LogP contribution is 2.35. The number of carbonyl (C=O) groups excluding carboxylic acids is 1. The van der Waals surface area contributed by atoms with Crippen molar-refractivity contribution in [3.8, 4) is 5.75 Å². The predicted octanol–water partition coefficient (Wildman–Crippen LogP) is 4.17. The van der Waals surface area contributed by atoms with Crippen molar-refractivity contribution in [1.29, 1.82) is 0 Å². The molecule has 0 aliphatic rings. The third-order valence-electron chi connectivity index (χ3n) is 3.28. The van der Waals surface area contributed by atoms with Crippen molar-refractivity contribution in [2.45, 2.75) is 6.18 Å². The number of phenolic OH excluding ortho intramolecular Hbond substituents is 1. The molecule has 0 aliphatic heterocycles. The summed E-state index contributed by atoms with van der Waals surface area (Å²) in [6, 6.07) is 5.93. The molecular formula is C15H8ClF3N2O2. The Balaban J connectivity index is 2.13. The van der Waals surface area contributed by atoms with Gasteiger partial charge in [0.25, 0.3) is 0 Å². The molecule has 0 amide bonds. The standard InChI is InChI=1S/C15H8ClF3N2O2/c16-13-10(22)5-4-8-12(13)7(6-20-8)14(23)9-2-1-3-11(21-9)15(17,18)19/h1-6,20,22H. The molecule has 0 bridgehead atoms. The Bertz CT molecular complexity index is 919. The van der Waals surface area contributed by atoms with E-state index < -0.39 is 17.7 Å². The van der Waals surface area contributed by atoms with Crippen molar-refractivity contribution in [2.75, 3.05) is 0 Å². The van der Waals surface area contributed by atoms with Crippen LogP contribution in [0.4, 0.5) is 13.2 Å². The quantitative estimate of drug-likeness (QED) is 0.688. The highest BCUT2D eigenvalue weighted by atomic mass is 35.5. The van der Waals surface area contributed by atoms with Crippen molar-refractivity contribution in [1.82, 2.24) is 9.97 Å². The zero-order chi connectivity index (χ0) is 16.8. The summed E-state index contributed by atoms with van der Waals surface area (Å²) in [5.41, 5.74) is -1.01. The van der Waals surface area contributed by atoms with E-state index in [4.69, 9.17) is 11.6 Å². The van der Waals surface area contributed by atoms with Gasteiger partial charge in [-0.05, 0) is 24.3 Å². The van der Waals surface area contributed by atoms with Crippen LogP contribution in [0.3, 0.4) is 0 Å². The first-order valence-electron chi connectivity index (χ1n) is 6.36.